The molecule has 0 unspecified atom stereocenters. The number of carbonyl (C=O) groups excluding carboxylic acids is 1. The molecular formula is C24H23ClN4O2S2. The van der Waals surface area contributed by atoms with E-state index in [4.69, 9.17) is 4.74 Å². The summed E-state index contributed by atoms with van der Waals surface area (Å²) in [5, 5.41) is 6.93. The van der Waals surface area contributed by atoms with Gasteiger partial charge in [0.1, 0.15) is 16.2 Å². The smallest absolute Gasteiger partial charge is 0.234 e. The second-order valence-electron chi connectivity index (χ2n) is 7.36. The van der Waals surface area contributed by atoms with Gasteiger partial charge in [0.05, 0.1) is 24.4 Å². The number of nitrogens with one attached hydrogen (secondary N) is 1. The van der Waals surface area contributed by atoms with Crippen molar-refractivity contribution in [1.29, 1.82) is 0 Å². The largest absolute Gasteiger partial charge is 0.378 e. The Balaban J connectivity index is 0.00000259. The number of morpholine rings is 1. The molecule has 0 aliphatic carbocycles. The van der Waals surface area contributed by atoms with Crippen molar-refractivity contribution in [2.45, 2.75) is 5.03 Å². The Labute approximate surface area is 206 Å². The van der Waals surface area contributed by atoms with Crippen molar-refractivity contribution < 1.29 is 9.53 Å². The third kappa shape index (κ3) is 5.47. The summed E-state index contributed by atoms with van der Waals surface area (Å²) in [7, 11) is 0. The SMILES string of the molecule is Cl.O=C(CSc1ncnc2scc(-c3ccccc3)c12)Nc1ccc(N2CCOCC2)cc1. The molecule has 0 radical (unpaired) electrons. The molecule has 1 saturated heterocycles. The van der Waals surface area contributed by atoms with Gasteiger partial charge in [-0.05, 0) is 29.8 Å². The van der Waals surface area contributed by atoms with Gasteiger partial charge in [0, 0.05) is 35.4 Å². The van der Waals surface area contributed by atoms with Crippen molar-refractivity contribution in [2.24, 2.45) is 0 Å². The number of thiophene rings is 1. The molecule has 1 amide bonds. The topological polar surface area (TPSA) is 67.4 Å². The maximum Gasteiger partial charge on any atom is 0.234 e. The molecule has 6 nitrogen and oxygen atoms in total. The monoisotopic (exact) mass is 498 g/mol. The lowest BCUT2D eigenvalue weighted by Gasteiger charge is -2.28. The molecule has 9 heteroatoms. The summed E-state index contributed by atoms with van der Waals surface area (Å²) >= 11 is 3.03. The van der Waals surface area contributed by atoms with Gasteiger partial charge in [-0.15, -0.1) is 23.7 Å². The van der Waals surface area contributed by atoms with E-state index in [1.54, 1.807) is 17.7 Å². The Kier molecular flexibility index (Phi) is 7.82. The van der Waals surface area contributed by atoms with E-state index in [2.05, 4.69) is 37.7 Å². The van der Waals surface area contributed by atoms with Crippen LogP contribution in [-0.4, -0.2) is 47.9 Å². The normalized spacial score (nSPS) is 13.5. The summed E-state index contributed by atoms with van der Waals surface area (Å²) in [6.07, 6.45) is 1.57. The zero-order chi connectivity index (χ0) is 21.8. The predicted molar refractivity (Wildman–Crippen MR) is 139 cm³/mol. The molecule has 2 aromatic heterocycles. The van der Waals surface area contributed by atoms with Crippen LogP contribution in [0.3, 0.4) is 0 Å². The van der Waals surface area contributed by atoms with Crippen LogP contribution in [0.5, 0.6) is 0 Å². The molecule has 1 aliphatic rings. The highest BCUT2D eigenvalue weighted by Crippen LogP contribution is 2.37. The lowest BCUT2D eigenvalue weighted by Crippen LogP contribution is -2.36. The Morgan fingerprint density at radius 2 is 1.82 bits per heavy atom. The molecule has 2 aromatic carbocycles. The van der Waals surface area contributed by atoms with E-state index in [0.717, 1.165) is 64.0 Å². The Bertz CT molecular complexity index is 1210. The highest BCUT2D eigenvalue weighted by Gasteiger charge is 2.15. The van der Waals surface area contributed by atoms with Crippen LogP contribution in [0.15, 0.2) is 71.3 Å². The van der Waals surface area contributed by atoms with Gasteiger partial charge in [-0.25, -0.2) is 9.97 Å². The summed E-state index contributed by atoms with van der Waals surface area (Å²) in [6, 6.07) is 18.2. The number of halogens is 1. The first-order valence-corrected chi connectivity index (χ1v) is 12.3. The predicted octanol–water partition coefficient (Wildman–Crippen LogP) is 5.35. The van der Waals surface area contributed by atoms with Crippen molar-refractivity contribution in [1.82, 2.24) is 9.97 Å². The van der Waals surface area contributed by atoms with E-state index in [9.17, 15) is 4.79 Å². The van der Waals surface area contributed by atoms with Gasteiger partial charge in [0.15, 0.2) is 0 Å². The molecule has 3 heterocycles. The van der Waals surface area contributed by atoms with Crippen LogP contribution < -0.4 is 10.2 Å². The lowest BCUT2D eigenvalue weighted by atomic mass is 10.1. The number of rotatable bonds is 6. The van der Waals surface area contributed by atoms with Crippen LogP contribution in [0.4, 0.5) is 11.4 Å². The van der Waals surface area contributed by atoms with Crippen molar-refractivity contribution in [2.75, 3.05) is 42.3 Å². The molecule has 33 heavy (non-hydrogen) atoms. The number of benzene rings is 2. The lowest BCUT2D eigenvalue weighted by molar-refractivity contribution is -0.113. The molecule has 1 fully saturated rings. The molecule has 1 N–H and O–H groups in total. The van der Waals surface area contributed by atoms with Crippen LogP contribution in [0.25, 0.3) is 21.3 Å². The van der Waals surface area contributed by atoms with Gasteiger partial charge >= 0.3 is 0 Å². The molecule has 170 valence electrons. The minimum atomic E-state index is -0.0580. The van der Waals surface area contributed by atoms with E-state index < -0.39 is 0 Å². The molecule has 1 aliphatic heterocycles. The van der Waals surface area contributed by atoms with E-state index in [-0.39, 0.29) is 24.1 Å². The Morgan fingerprint density at radius 3 is 2.58 bits per heavy atom. The number of carbonyl (C=O) groups is 1. The minimum Gasteiger partial charge on any atom is -0.378 e. The third-order valence-electron chi connectivity index (χ3n) is 5.29. The number of fused-ring (bicyclic) bond motifs is 1. The van der Waals surface area contributed by atoms with Crippen molar-refractivity contribution in [3.63, 3.8) is 0 Å². The van der Waals surface area contributed by atoms with Crippen LogP contribution in [-0.2, 0) is 9.53 Å². The molecular weight excluding hydrogens is 476 g/mol. The van der Waals surface area contributed by atoms with Crippen molar-refractivity contribution in [3.05, 3.63) is 66.3 Å². The number of amides is 1. The van der Waals surface area contributed by atoms with E-state index >= 15 is 0 Å². The number of nitrogens with zero attached hydrogens (tertiary/aromatic N) is 3. The summed E-state index contributed by atoms with van der Waals surface area (Å²) in [5.41, 5.74) is 4.17. The molecule has 0 bridgehead atoms. The minimum absolute atomic E-state index is 0. The molecule has 0 spiro atoms. The van der Waals surface area contributed by atoms with Crippen LogP contribution in [0.2, 0.25) is 0 Å². The van der Waals surface area contributed by atoms with Gasteiger partial charge in [-0.1, -0.05) is 42.1 Å². The second-order valence-corrected chi connectivity index (χ2v) is 9.18. The fraction of sp³-hybridized carbons (Fsp3) is 0.208. The zero-order valence-corrected chi connectivity index (χ0v) is 20.2. The third-order valence-corrected chi connectivity index (χ3v) is 7.16. The van der Waals surface area contributed by atoms with Crippen LogP contribution >= 0.6 is 35.5 Å². The van der Waals surface area contributed by atoms with Gasteiger partial charge < -0.3 is 15.0 Å². The number of aromatic nitrogens is 2. The number of anilines is 2. The summed E-state index contributed by atoms with van der Waals surface area (Å²) < 4.78 is 5.41. The fourth-order valence-corrected chi connectivity index (χ4v) is 5.49. The number of hydrogen-bond donors (Lipinski definition) is 1. The molecule has 0 atom stereocenters. The zero-order valence-electron chi connectivity index (χ0n) is 17.8. The van der Waals surface area contributed by atoms with Crippen LogP contribution in [0.1, 0.15) is 0 Å². The summed E-state index contributed by atoms with van der Waals surface area (Å²) in [4.78, 5) is 24.7. The quantitative estimate of drug-likeness (QED) is 0.285. The second kappa shape index (κ2) is 11.0. The van der Waals surface area contributed by atoms with Gasteiger partial charge in [-0.3, -0.25) is 4.79 Å². The molecule has 4 aromatic rings. The first-order chi connectivity index (χ1) is 15.8. The summed E-state index contributed by atoms with van der Waals surface area (Å²) in [6.45, 7) is 3.29. The maximum absolute atomic E-state index is 12.6. The first kappa shape index (κ1) is 23.5. The summed E-state index contributed by atoms with van der Waals surface area (Å²) in [5.74, 6) is 0.221. The number of thioether (sulfide) groups is 1. The molecule has 5 rings (SSSR count). The van der Waals surface area contributed by atoms with Gasteiger partial charge in [0.2, 0.25) is 5.91 Å². The standard InChI is InChI=1S/C24H22N4O2S2.ClH/c29-21(27-18-6-8-19(9-7-18)28-10-12-30-13-11-28)15-32-24-22-20(17-4-2-1-3-5-17)14-31-23(22)25-16-26-24;/h1-9,14,16H,10-13,15H2,(H,27,29);1H. The first-order valence-electron chi connectivity index (χ1n) is 10.4. The Hall–Kier alpha value is -2.65. The Morgan fingerprint density at radius 1 is 1.06 bits per heavy atom. The van der Waals surface area contributed by atoms with E-state index in [1.807, 2.05) is 42.5 Å². The highest BCUT2D eigenvalue weighted by atomic mass is 35.5. The average Bonchev–Trinajstić information content (AvgIpc) is 3.29. The van der Waals surface area contributed by atoms with Crippen LogP contribution in [0, 0.1) is 0 Å². The number of hydrogen-bond acceptors (Lipinski definition) is 7. The number of ether oxygens (including phenoxy) is 1. The van der Waals surface area contributed by atoms with Crippen molar-refractivity contribution >= 4 is 63.0 Å². The van der Waals surface area contributed by atoms with E-state index in [1.165, 1.54) is 11.8 Å². The molecule has 0 saturated carbocycles. The highest BCUT2D eigenvalue weighted by molar-refractivity contribution is 8.00. The fourth-order valence-electron chi connectivity index (χ4n) is 3.70. The average molecular weight is 499 g/mol. The van der Waals surface area contributed by atoms with E-state index in [0.29, 0.717) is 0 Å². The van der Waals surface area contributed by atoms with Gasteiger partial charge in [0.25, 0.3) is 0 Å². The van der Waals surface area contributed by atoms with Crippen molar-refractivity contribution in [3.8, 4) is 11.1 Å². The van der Waals surface area contributed by atoms with Gasteiger partial charge in [-0.2, -0.15) is 0 Å². The maximum atomic E-state index is 12.6.